The number of amides is 1. The fourth-order valence-electron chi connectivity index (χ4n) is 6.79. The van der Waals surface area contributed by atoms with Crippen LogP contribution in [0.1, 0.15) is 24.5 Å². The Kier molecular flexibility index (Phi) is 6.50. The fraction of sp³-hybridized carbons (Fsp3) is 0.323. The van der Waals surface area contributed by atoms with E-state index in [9.17, 15) is 19.5 Å². The molecule has 0 radical (unpaired) electrons. The van der Waals surface area contributed by atoms with Crippen molar-refractivity contribution in [1.82, 2.24) is 9.78 Å². The Morgan fingerprint density at radius 1 is 1.00 bits per heavy atom. The smallest absolute Gasteiger partial charge is 0.279 e. The highest BCUT2D eigenvalue weighted by atomic mass is 28.4. The van der Waals surface area contributed by atoms with Gasteiger partial charge in [0.25, 0.3) is 11.5 Å². The maximum absolute atomic E-state index is 14.3. The van der Waals surface area contributed by atoms with E-state index in [0.717, 1.165) is 22.2 Å². The van der Waals surface area contributed by atoms with Crippen LogP contribution in [-0.2, 0) is 21.7 Å². The maximum Gasteiger partial charge on any atom is 0.279 e. The molecule has 0 saturated carbocycles. The molecule has 2 aliphatic heterocycles. The molecule has 9 heteroatoms. The summed E-state index contributed by atoms with van der Waals surface area (Å²) in [5.41, 5.74) is 1.52. The highest BCUT2D eigenvalue weighted by molar-refractivity contribution is 6.71. The summed E-state index contributed by atoms with van der Waals surface area (Å²) < 4.78 is 7.99. The number of aliphatic hydroxyl groups excluding tert-OH is 1. The Hall–Kier alpha value is -3.63. The summed E-state index contributed by atoms with van der Waals surface area (Å²) in [6, 6.07) is 22.5. The lowest BCUT2D eigenvalue weighted by molar-refractivity contribution is -0.146. The molecule has 2 N–H and O–H groups in total. The number of rotatable bonds is 6. The molecule has 8 nitrogen and oxygen atoms in total. The molecule has 206 valence electrons. The molecule has 0 unspecified atom stereocenters. The first-order valence-electron chi connectivity index (χ1n) is 13.7. The average molecular weight is 556 g/mol. The molecule has 3 heterocycles. The number of carbonyl (C=O) groups is 1. The summed E-state index contributed by atoms with van der Waals surface area (Å²) in [5.74, 6) is -0.413. The van der Waals surface area contributed by atoms with Gasteiger partial charge in [-0.2, -0.15) is 9.78 Å². The van der Waals surface area contributed by atoms with Crippen LogP contribution >= 0.6 is 0 Å². The van der Waals surface area contributed by atoms with Gasteiger partial charge in [-0.1, -0.05) is 55.5 Å². The number of nitrogens with zero attached hydrogens (tertiary/aromatic N) is 3. The second-order valence-corrected chi connectivity index (χ2v) is 15.4. The molecule has 1 fully saturated rings. The van der Waals surface area contributed by atoms with Gasteiger partial charge in [-0.15, -0.1) is 0 Å². The molecule has 1 amide bonds. The molecule has 1 saturated heterocycles. The van der Waals surface area contributed by atoms with Crippen LogP contribution in [0.5, 0.6) is 0 Å². The van der Waals surface area contributed by atoms with E-state index in [0.29, 0.717) is 24.0 Å². The summed E-state index contributed by atoms with van der Waals surface area (Å²) in [4.78, 5) is 40.3. The number of para-hydroxylation sites is 1. The molecule has 1 aromatic heterocycles. The van der Waals surface area contributed by atoms with Gasteiger partial charge in [0.1, 0.15) is 0 Å². The number of hydrogen-bond donors (Lipinski definition) is 2. The second-order valence-electron chi connectivity index (χ2n) is 11.4. The van der Waals surface area contributed by atoms with Crippen LogP contribution in [-0.4, -0.2) is 46.6 Å². The highest BCUT2D eigenvalue weighted by Crippen LogP contribution is 2.59. The number of hydrogen-bond acceptors (Lipinski definition) is 6. The van der Waals surface area contributed by atoms with Gasteiger partial charge in [0, 0.05) is 29.0 Å². The Morgan fingerprint density at radius 3 is 2.42 bits per heavy atom. The van der Waals surface area contributed by atoms with Crippen molar-refractivity contribution in [2.75, 3.05) is 11.5 Å². The predicted octanol–water partition coefficient (Wildman–Crippen LogP) is 4.11. The first-order chi connectivity index (χ1) is 19.2. The van der Waals surface area contributed by atoms with Crippen LogP contribution < -0.4 is 10.5 Å². The molecule has 4 atom stereocenters. The van der Waals surface area contributed by atoms with E-state index in [1.54, 1.807) is 17.2 Å². The zero-order valence-electron chi connectivity index (χ0n) is 22.8. The van der Waals surface area contributed by atoms with Crippen molar-refractivity contribution in [3.8, 4) is 5.69 Å². The minimum atomic E-state index is -2.73. The molecule has 6 rings (SSSR count). The molecular formula is C31H33N3O5Si. The minimum absolute atomic E-state index is 0.0739. The van der Waals surface area contributed by atoms with Gasteiger partial charge in [-0.25, -0.2) is 0 Å². The van der Waals surface area contributed by atoms with Crippen molar-refractivity contribution in [2.45, 2.75) is 50.2 Å². The molecule has 0 bridgehead atoms. The second kappa shape index (κ2) is 9.78. The van der Waals surface area contributed by atoms with Gasteiger partial charge in [0.05, 0.1) is 35.6 Å². The number of carbonyl (C=O) groups excluding carboxylic acids is 1. The third kappa shape index (κ3) is 4.04. The Bertz CT molecular complexity index is 1650. The van der Waals surface area contributed by atoms with Crippen molar-refractivity contribution in [1.29, 1.82) is 0 Å². The lowest BCUT2D eigenvalue weighted by atomic mass is 9.82. The molecule has 1 spiro atoms. The average Bonchev–Trinajstić information content (AvgIpc) is 3.37. The van der Waals surface area contributed by atoms with E-state index in [2.05, 4.69) is 5.10 Å². The number of ether oxygens (including phenoxy) is 1. The normalized spacial score (nSPS) is 24.3. The summed E-state index contributed by atoms with van der Waals surface area (Å²) in [7, 11) is -2.73. The Morgan fingerprint density at radius 2 is 1.70 bits per heavy atom. The first kappa shape index (κ1) is 26.6. The van der Waals surface area contributed by atoms with Crippen molar-refractivity contribution in [3.05, 3.63) is 100 Å². The Balaban J connectivity index is 1.33. The highest BCUT2D eigenvalue weighted by Gasteiger charge is 2.65. The maximum atomic E-state index is 14.3. The zero-order chi connectivity index (χ0) is 28.2. The third-order valence-electron chi connectivity index (χ3n) is 8.52. The minimum Gasteiger partial charge on any atom is -0.432 e. The van der Waals surface area contributed by atoms with E-state index in [-0.39, 0.29) is 29.5 Å². The van der Waals surface area contributed by atoms with Crippen LogP contribution in [0.25, 0.3) is 16.5 Å². The van der Waals surface area contributed by atoms with Crippen molar-refractivity contribution in [3.63, 3.8) is 0 Å². The van der Waals surface area contributed by atoms with Crippen LogP contribution in [0.15, 0.2) is 83.8 Å². The summed E-state index contributed by atoms with van der Waals surface area (Å²) in [6.07, 6.45) is 1.64. The van der Waals surface area contributed by atoms with Crippen LogP contribution in [0.3, 0.4) is 0 Å². The molecule has 40 heavy (non-hydrogen) atoms. The quantitative estimate of drug-likeness (QED) is 0.347. The molecule has 4 aromatic rings. The third-order valence-corrected chi connectivity index (χ3v) is 11.0. The molecule has 2 aliphatic rings. The van der Waals surface area contributed by atoms with E-state index in [1.165, 1.54) is 4.68 Å². The van der Waals surface area contributed by atoms with Crippen LogP contribution in [0.2, 0.25) is 18.6 Å². The summed E-state index contributed by atoms with van der Waals surface area (Å²) >= 11 is 0. The SMILES string of the molecule is C[C@H]1[C@H]([Si](C)(C)O)[C@@H](CCO)O[C@]12C(=O)N(Cc1ccc(-n3ncc4ccccc4c3=O)cc1)c1ccccc12. The summed E-state index contributed by atoms with van der Waals surface area (Å²) in [6.45, 7) is 6.00. The van der Waals surface area contributed by atoms with Crippen LogP contribution in [0, 0.1) is 5.92 Å². The van der Waals surface area contributed by atoms with E-state index in [1.807, 2.05) is 86.7 Å². The molecule has 0 aliphatic carbocycles. The van der Waals surface area contributed by atoms with Gasteiger partial charge >= 0.3 is 0 Å². The van der Waals surface area contributed by atoms with Crippen molar-refractivity contribution >= 4 is 30.7 Å². The largest absolute Gasteiger partial charge is 0.432 e. The zero-order valence-corrected chi connectivity index (χ0v) is 23.8. The van der Waals surface area contributed by atoms with Gasteiger partial charge in [0.2, 0.25) is 0 Å². The number of anilines is 1. The topological polar surface area (TPSA) is 105 Å². The number of aliphatic hydroxyl groups is 1. The number of fused-ring (bicyclic) bond motifs is 3. The van der Waals surface area contributed by atoms with Gasteiger partial charge in [0.15, 0.2) is 13.9 Å². The summed E-state index contributed by atoms with van der Waals surface area (Å²) in [5, 5.41) is 15.5. The van der Waals surface area contributed by atoms with Gasteiger partial charge < -0.3 is 19.5 Å². The van der Waals surface area contributed by atoms with E-state index in [4.69, 9.17) is 4.74 Å². The first-order valence-corrected chi connectivity index (χ1v) is 16.7. The molecular weight excluding hydrogens is 522 g/mol. The van der Waals surface area contributed by atoms with Crippen LogP contribution in [0.4, 0.5) is 5.69 Å². The van der Waals surface area contributed by atoms with E-state index < -0.39 is 20.0 Å². The van der Waals surface area contributed by atoms with Crippen molar-refractivity contribution in [2.24, 2.45) is 5.92 Å². The monoisotopic (exact) mass is 555 g/mol. The standard InChI is InChI=1S/C31H33N3O5Si/c1-20-28(40(2,3)38)27(16-17-35)39-31(20)25-10-6-7-11-26(25)33(30(31)37)19-21-12-14-23(15-13-21)34-29(36)24-9-5-4-8-22(24)18-32-34/h4-15,18,20,27-28,35,38H,16-17,19H2,1-3H3/t20-,27+,28-,31+/m0/s1. The van der Waals surface area contributed by atoms with Gasteiger partial charge in [-0.3, -0.25) is 9.59 Å². The number of benzene rings is 3. The fourth-order valence-corrected chi connectivity index (χ4v) is 9.39. The predicted molar refractivity (Wildman–Crippen MR) is 156 cm³/mol. The van der Waals surface area contributed by atoms with E-state index >= 15 is 0 Å². The lowest BCUT2D eigenvalue weighted by Crippen LogP contribution is -2.46. The molecule has 3 aromatic carbocycles. The van der Waals surface area contributed by atoms with Crippen molar-refractivity contribution < 1.29 is 19.4 Å². The Labute approximate surface area is 233 Å². The lowest BCUT2D eigenvalue weighted by Gasteiger charge is -2.32. The van der Waals surface area contributed by atoms with Gasteiger partial charge in [-0.05, 0) is 49.3 Å². The number of aromatic nitrogens is 2.